The average Bonchev–Trinajstić information content (AvgIpc) is 2.69. The molecule has 20 heavy (non-hydrogen) atoms. The summed E-state index contributed by atoms with van der Waals surface area (Å²) in [6.07, 6.45) is 1.61. The zero-order valence-corrected chi connectivity index (χ0v) is 14.9. The number of likely N-dealkylation sites (N-methyl/N-ethyl adjacent to an activating group) is 2. The first-order valence-corrected chi connectivity index (χ1v) is 7.57. The molecule has 1 aromatic rings. The summed E-state index contributed by atoms with van der Waals surface area (Å²) in [6.45, 7) is 7.80. The predicted molar refractivity (Wildman–Crippen MR) is 86.5 cm³/mol. The van der Waals surface area contributed by atoms with E-state index in [2.05, 4.69) is 37.7 Å². The van der Waals surface area contributed by atoms with Crippen molar-refractivity contribution in [2.45, 2.75) is 32.9 Å². The number of halogens is 1. The summed E-state index contributed by atoms with van der Waals surface area (Å²) in [5.41, 5.74) is 0.706. The normalized spacial score (nSPS) is 11.8. The van der Waals surface area contributed by atoms with Crippen LogP contribution in [0.5, 0.6) is 0 Å². The van der Waals surface area contributed by atoms with Gasteiger partial charge in [-0.25, -0.2) is 4.79 Å². The molecule has 114 valence electrons. The Morgan fingerprint density at radius 3 is 2.55 bits per heavy atom. The van der Waals surface area contributed by atoms with Crippen molar-refractivity contribution in [2.24, 2.45) is 0 Å². The van der Waals surface area contributed by atoms with Crippen LogP contribution in [0.25, 0.3) is 0 Å². The standard InChI is InChI=1S/C13H23IN4O2/c1-13(2,3)20-12(19)18(5)7-6-17(4)9-10-8-15-16-11(10)14/h8H,6-7,9H2,1-5H3,(H,15,16). The highest BCUT2D eigenvalue weighted by Gasteiger charge is 2.19. The summed E-state index contributed by atoms with van der Waals surface area (Å²) >= 11 is 2.20. The number of ether oxygens (including phenoxy) is 1. The predicted octanol–water partition coefficient (Wildman–Crippen LogP) is 2.31. The Labute approximate surface area is 134 Å². The Morgan fingerprint density at radius 2 is 2.05 bits per heavy atom. The second-order valence-electron chi connectivity index (χ2n) is 5.84. The molecular formula is C13H23IN4O2. The van der Waals surface area contributed by atoms with Crippen molar-refractivity contribution >= 4 is 28.7 Å². The van der Waals surface area contributed by atoms with Crippen LogP contribution in [0, 0.1) is 3.70 Å². The minimum absolute atomic E-state index is 0.288. The maximum Gasteiger partial charge on any atom is 0.410 e. The van der Waals surface area contributed by atoms with Gasteiger partial charge in [0.1, 0.15) is 9.30 Å². The number of hydrogen-bond acceptors (Lipinski definition) is 4. The van der Waals surface area contributed by atoms with Gasteiger partial charge in [-0.05, 0) is 50.4 Å². The smallest absolute Gasteiger partial charge is 0.410 e. The molecule has 1 N–H and O–H groups in total. The molecule has 0 aliphatic heterocycles. The SMILES string of the molecule is CN(CCN(C)C(=O)OC(C)(C)C)Cc1c[nH]nc1I. The largest absolute Gasteiger partial charge is 0.444 e. The van der Waals surface area contributed by atoms with Gasteiger partial charge < -0.3 is 14.5 Å². The zero-order chi connectivity index (χ0) is 15.3. The van der Waals surface area contributed by atoms with Gasteiger partial charge in [0.05, 0.1) is 0 Å². The molecule has 1 heterocycles. The first kappa shape index (κ1) is 17.2. The van der Waals surface area contributed by atoms with Gasteiger partial charge in [0, 0.05) is 38.4 Å². The van der Waals surface area contributed by atoms with E-state index in [4.69, 9.17) is 4.74 Å². The highest BCUT2D eigenvalue weighted by atomic mass is 127. The number of nitrogens with one attached hydrogen (secondary N) is 1. The number of H-pyrrole nitrogens is 1. The molecule has 1 rings (SSSR count). The van der Waals surface area contributed by atoms with Crippen molar-refractivity contribution in [1.82, 2.24) is 20.0 Å². The summed E-state index contributed by atoms with van der Waals surface area (Å²) in [5, 5.41) is 6.93. The molecule has 6 nitrogen and oxygen atoms in total. The number of aromatic nitrogens is 2. The summed E-state index contributed by atoms with van der Waals surface area (Å²) in [4.78, 5) is 15.6. The van der Waals surface area contributed by atoms with Crippen molar-refractivity contribution in [2.75, 3.05) is 27.2 Å². The van der Waals surface area contributed by atoms with Crippen molar-refractivity contribution < 1.29 is 9.53 Å². The van der Waals surface area contributed by atoms with Crippen LogP contribution in [0.3, 0.4) is 0 Å². The molecule has 7 heteroatoms. The van der Waals surface area contributed by atoms with Crippen LogP contribution in [0.15, 0.2) is 6.20 Å². The lowest BCUT2D eigenvalue weighted by Crippen LogP contribution is -2.38. The number of carbonyl (C=O) groups is 1. The molecule has 0 radical (unpaired) electrons. The highest BCUT2D eigenvalue weighted by Crippen LogP contribution is 2.11. The lowest BCUT2D eigenvalue weighted by molar-refractivity contribution is 0.0286. The van der Waals surface area contributed by atoms with Crippen LogP contribution >= 0.6 is 22.6 Å². The third-order valence-corrected chi connectivity index (χ3v) is 3.56. The van der Waals surface area contributed by atoms with Crippen LogP contribution in [-0.2, 0) is 11.3 Å². The molecule has 1 amide bonds. The van der Waals surface area contributed by atoms with Gasteiger partial charge in [-0.2, -0.15) is 5.10 Å². The maximum absolute atomic E-state index is 11.8. The van der Waals surface area contributed by atoms with Crippen molar-refractivity contribution in [3.05, 3.63) is 15.5 Å². The number of carbonyl (C=O) groups excluding carboxylic acids is 1. The van der Waals surface area contributed by atoms with Crippen LogP contribution in [0.2, 0.25) is 0 Å². The lowest BCUT2D eigenvalue weighted by Gasteiger charge is -2.26. The minimum atomic E-state index is -0.454. The number of aromatic amines is 1. The van der Waals surface area contributed by atoms with Gasteiger partial charge in [0.15, 0.2) is 0 Å². The molecule has 0 aromatic carbocycles. The second-order valence-corrected chi connectivity index (χ2v) is 6.86. The van der Waals surface area contributed by atoms with E-state index in [9.17, 15) is 4.79 Å². The van der Waals surface area contributed by atoms with Crippen molar-refractivity contribution in [3.8, 4) is 0 Å². The van der Waals surface area contributed by atoms with Gasteiger partial charge >= 0.3 is 6.09 Å². The van der Waals surface area contributed by atoms with Crippen molar-refractivity contribution in [1.29, 1.82) is 0 Å². The minimum Gasteiger partial charge on any atom is -0.444 e. The molecule has 0 bridgehead atoms. The Bertz CT molecular complexity index is 442. The van der Waals surface area contributed by atoms with E-state index in [1.165, 1.54) is 0 Å². The van der Waals surface area contributed by atoms with Gasteiger partial charge in [0.2, 0.25) is 0 Å². The third-order valence-electron chi connectivity index (χ3n) is 2.63. The van der Waals surface area contributed by atoms with Gasteiger partial charge in [-0.15, -0.1) is 0 Å². The molecule has 0 aliphatic carbocycles. The quantitative estimate of drug-likeness (QED) is 0.779. The topological polar surface area (TPSA) is 61.5 Å². The summed E-state index contributed by atoms with van der Waals surface area (Å²) < 4.78 is 6.29. The van der Waals surface area contributed by atoms with E-state index in [0.29, 0.717) is 6.54 Å². The molecular weight excluding hydrogens is 371 g/mol. The molecule has 0 unspecified atom stereocenters. The van der Waals surface area contributed by atoms with Crippen LogP contribution in [0.1, 0.15) is 26.3 Å². The fourth-order valence-electron chi connectivity index (χ4n) is 1.53. The highest BCUT2D eigenvalue weighted by molar-refractivity contribution is 14.1. The molecule has 0 atom stereocenters. The first-order valence-electron chi connectivity index (χ1n) is 6.50. The van der Waals surface area contributed by atoms with E-state index in [1.807, 2.05) is 34.0 Å². The van der Waals surface area contributed by atoms with Gasteiger partial charge in [-0.3, -0.25) is 5.10 Å². The molecule has 0 saturated carbocycles. The Kier molecular flexibility index (Phi) is 6.25. The van der Waals surface area contributed by atoms with Crippen LogP contribution in [-0.4, -0.2) is 58.9 Å². The first-order chi connectivity index (χ1) is 9.19. The van der Waals surface area contributed by atoms with E-state index in [0.717, 1.165) is 22.4 Å². The molecule has 0 saturated heterocycles. The van der Waals surface area contributed by atoms with Crippen LogP contribution < -0.4 is 0 Å². The molecule has 0 aliphatic rings. The average molecular weight is 394 g/mol. The van der Waals surface area contributed by atoms with Crippen LogP contribution in [0.4, 0.5) is 4.79 Å². The number of nitrogens with zero attached hydrogens (tertiary/aromatic N) is 3. The second kappa shape index (κ2) is 7.26. The fourth-order valence-corrected chi connectivity index (χ4v) is 2.00. The molecule has 0 fully saturated rings. The molecule has 0 spiro atoms. The summed E-state index contributed by atoms with van der Waals surface area (Å²) in [5.74, 6) is 0. The monoisotopic (exact) mass is 394 g/mol. The summed E-state index contributed by atoms with van der Waals surface area (Å²) in [7, 11) is 3.77. The summed E-state index contributed by atoms with van der Waals surface area (Å²) in [6, 6.07) is 0. The van der Waals surface area contributed by atoms with Gasteiger partial charge in [-0.1, -0.05) is 0 Å². The number of amides is 1. The fraction of sp³-hybridized carbons (Fsp3) is 0.692. The molecule has 1 aromatic heterocycles. The van der Waals surface area contributed by atoms with Crippen molar-refractivity contribution in [3.63, 3.8) is 0 Å². The third kappa shape index (κ3) is 6.08. The zero-order valence-electron chi connectivity index (χ0n) is 12.7. The van der Waals surface area contributed by atoms with E-state index in [-0.39, 0.29) is 6.09 Å². The number of rotatable bonds is 5. The van der Waals surface area contributed by atoms with E-state index < -0.39 is 5.60 Å². The van der Waals surface area contributed by atoms with Gasteiger partial charge in [0.25, 0.3) is 0 Å². The van der Waals surface area contributed by atoms with E-state index >= 15 is 0 Å². The Balaban J connectivity index is 2.35. The lowest BCUT2D eigenvalue weighted by atomic mass is 10.2. The maximum atomic E-state index is 11.8. The number of hydrogen-bond donors (Lipinski definition) is 1. The van der Waals surface area contributed by atoms with E-state index in [1.54, 1.807) is 11.9 Å². The Morgan fingerprint density at radius 1 is 1.40 bits per heavy atom. The Hall–Kier alpha value is -0.830.